The van der Waals surface area contributed by atoms with Crippen molar-refractivity contribution in [3.63, 3.8) is 0 Å². The number of rotatable bonds is 5. The first kappa shape index (κ1) is 15.2. The van der Waals surface area contributed by atoms with Gasteiger partial charge in [0.2, 0.25) is 0 Å². The molecule has 4 heterocycles. The van der Waals surface area contributed by atoms with Gasteiger partial charge in [-0.3, -0.25) is 0 Å². The van der Waals surface area contributed by atoms with E-state index < -0.39 is 0 Å². The molecule has 122 valence electrons. The molecule has 4 aromatic rings. The van der Waals surface area contributed by atoms with Crippen LogP contribution in [0.25, 0.3) is 22.2 Å². The first-order valence-electron chi connectivity index (χ1n) is 7.27. The molecule has 0 aliphatic rings. The number of aromatic nitrogens is 4. The molecule has 4 aromatic heterocycles. The summed E-state index contributed by atoms with van der Waals surface area (Å²) in [5, 5.41) is 12.3. The minimum absolute atomic E-state index is 0.730. The maximum Gasteiger partial charge on any atom is 0.191 e. The van der Waals surface area contributed by atoms with Crippen LogP contribution in [0.1, 0.15) is 11.5 Å². The largest absolute Gasteiger partial charge is 0.469 e. The summed E-state index contributed by atoms with van der Waals surface area (Å²) in [5.41, 5.74) is 1.96. The van der Waals surface area contributed by atoms with Crippen molar-refractivity contribution in [1.82, 2.24) is 19.7 Å². The van der Waals surface area contributed by atoms with Gasteiger partial charge in [0.1, 0.15) is 5.76 Å². The molecule has 4 rings (SSSR count). The Labute approximate surface area is 146 Å². The molecule has 0 aliphatic heterocycles. The van der Waals surface area contributed by atoms with Crippen molar-refractivity contribution < 1.29 is 8.83 Å². The Morgan fingerprint density at radius 2 is 2.12 bits per heavy atom. The van der Waals surface area contributed by atoms with Crippen molar-refractivity contribution in [3.8, 4) is 22.2 Å². The van der Waals surface area contributed by atoms with E-state index in [2.05, 4.69) is 15.2 Å². The molecule has 0 spiro atoms. The Morgan fingerprint density at radius 1 is 1.21 bits per heavy atom. The van der Waals surface area contributed by atoms with E-state index in [1.807, 2.05) is 42.1 Å². The first-order chi connectivity index (χ1) is 11.7. The average molecular weight is 358 g/mol. The number of hydrogen-bond donors (Lipinski definition) is 0. The maximum absolute atomic E-state index is 5.38. The summed E-state index contributed by atoms with van der Waals surface area (Å²) in [6, 6.07) is 5.69. The molecule has 8 heteroatoms. The molecule has 24 heavy (non-hydrogen) atoms. The van der Waals surface area contributed by atoms with Gasteiger partial charge in [0.15, 0.2) is 21.7 Å². The van der Waals surface area contributed by atoms with Gasteiger partial charge in [-0.2, -0.15) is 0 Å². The van der Waals surface area contributed by atoms with Crippen LogP contribution in [-0.4, -0.2) is 19.7 Å². The van der Waals surface area contributed by atoms with E-state index in [4.69, 9.17) is 8.83 Å². The summed E-state index contributed by atoms with van der Waals surface area (Å²) in [4.78, 5) is 4.60. The second-order valence-electron chi connectivity index (χ2n) is 5.17. The normalized spacial score (nSPS) is 11.2. The number of hydrogen-bond acceptors (Lipinski definition) is 7. The molecule has 0 N–H and O–H groups in total. The lowest BCUT2D eigenvalue weighted by molar-refractivity contribution is 0.534. The van der Waals surface area contributed by atoms with Gasteiger partial charge in [0, 0.05) is 18.2 Å². The number of aryl methyl sites for hydroxylation is 1. The highest BCUT2D eigenvalue weighted by Gasteiger charge is 2.15. The minimum atomic E-state index is 0.730. The topological polar surface area (TPSA) is 69.9 Å². The zero-order valence-corrected chi connectivity index (χ0v) is 14.7. The summed E-state index contributed by atoms with van der Waals surface area (Å²) < 4.78 is 12.7. The highest BCUT2D eigenvalue weighted by atomic mass is 32.2. The smallest absolute Gasteiger partial charge is 0.191 e. The second kappa shape index (κ2) is 6.29. The Bertz CT molecular complexity index is 953. The molecule has 0 saturated heterocycles. The lowest BCUT2D eigenvalue weighted by Crippen LogP contribution is -1.95. The van der Waals surface area contributed by atoms with E-state index in [-0.39, 0.29) is 0 Å². The molecule has 0 fully saturated rings. The van der Waals surface area contributed by atoms with Gasteiger partial charge in [-0.25, -0.2) is 4.98 Å². The van der Waals surface area contributed by atoms with Crippen LogP contribution in [0.4, 0.5) is 0 Å². The molecule has 0 atom stereocenters. The second-order valence-corrected chi connectivity index (χ2v) is 6.97. The summed E-state index contributed by atoms with van der Waals surface area (Å²) >= 11 is 3.19. The lowest BCUT2D eigenvalue weighted by Gasteiger charge is -2.02. The summed E-state index contributed by atoms with van der Waals surface area (Å²) in [5.74, 6) is 3.17. The van der Waals surface area contributed by atoms with E-state index in [1.54, 1.807) is 35.6 Å². The van der Waals surface area contributed by atoms with Crippen molar-refractivity contribution >= 4 is 23.1 Å². The van der Waals surface area contributed by atoms with Crippen molar-refractivity contribution in [2.24, 2.45) is 7.05 Å². The Morgan fingerprint density at radius 3 is 2.88 bits per heavy atom. The zero-order valence-electron chi connectivity index (χ0n) is 13.1. The molecule has 6 nitrogen and oxygen atoms in total. The fourth-order valence-corrected chi connectivity index (χ4v) is 4.01. The summed E-state index contributed by atoms with van der Waals surface area (Å²) in [7, 11) is 1.96. The van der Waals surface area contributed by atoms with Gasteiger partial charge in [-0.15, -0.1) is 21.5 Å². The quantitative estimate of drug-likeness (QED) is 0.493. The first-order valence-corrected chi connectivity index (χ1v) is 9.14. The van der Waals surface area contributed by atoms with Gasteiger partial charge in [0.05, 0.1) is 23.8 Å². The third kappa shape index (κ3) is 2.78. The van der Waals surface area contributed by atoms with Crippen LogP contribution in [0.15, 0.2) is 50.1 Å². The molecular formula is C16H14N4O2S2. The molecular weight excluding hydrogens is 344 g/mol. The van der Waals surface area contributed by atoms with Gasteiger partial charge in [-0.1, -0.05) is 11.8 Å². The highest BCUT2D eigenvalue weighted by Crippen LogP contribution is 2.29. The Balaban J connectivity index is 1.49. The monoisotopic (exact) mass is 358 g/mol. The van der Waals surface area contributed by atoms with E-state index in [1.165, 1.54) is 0 Å². The molecule has 0 radical (unpaired) electrons. The Kier molecular flexibility index (Phi) is 3.99. The van der Waals surface area contributed by atoms with E-state index in [0.29, 0.717) is 0 Å². The predicted octanol–water partition coefficient (Wildman–Crippen LogP) is 4.39. The zero-order chi connectivity index (χ0) is 16.5. The predicted molar refractivity (Wildman–Crippen MR) is 92.8 cm³/mol. The van der Waals surface area contributed by atoms with Crippen molar-refractivity contribution in [3.05, 3.63) is 47.6 Å². The molecule has 0 aromatic carbocycles. The van der Waals surface area contributed by atoms with Crippen LogP contribution in [-0.2, 0) is 12.8 Å². The summed E-state index contributed by atoms with van der Waals surface area (Å²) in [6.07, 6.45) is 3.32. The number of thioether (sulfide) groups is 1. The van der Waals surface area contributed by atoms with Crippen LogP contribution in [0.5, 0.6) is 0 Å². The standard InChI is InChI=1S/C16H14N4O2S2/c1-10-12(5-7-21-10)14-18-19-16(20(14)2)24-9-11-8-23-15(17-11)13-4-3-6-22-13/h3-8H,9H2,1-2H3. The van der Waals surface area contributed by atoms with Crippen LogP contribution in [0.3, 0.4) is 0 Å². The van der Waals surface area contributed by atoms with Gasteiger partial charge in [0.25, 0.3) is 0 Å². The van der Waals surface area contributed by atoms with Crippen LogP contribution in [0.2, 0.25) is 0 Å². The van der Waals surface area contributed by atoms with Crippen LogP contribution >= 0.6 is 23.1 Å². The number of thiazole rings is 1. The maximum atomic E-state index is 5.38. The van der Waals surface area contributed by atoms with Gasteiger partial charge in [-0.05, 0) is 25.1 Å². The molecule has 0 amide bonds. The number of furan rings is 2. The van der Waals surface area contributed by atoms with Crippen molar-refractivity contribution in [2.45, 2.75) is 17.8 Å². The number of nitrogens with zero attached hydrogens (tertiary/aromatic N) is 4. The van der Waals surface area contributed by atoms with Crippen molar-refractivity contribution in [1.29, 1.82) is 0 Å². The fourth-order valence-electron chi connectivity index (χ4n) is 2.32. The average Bonchev–Trinajstić information content (AvgIpc) is 3.33. The van der Waals surface area contributed by atoms with Crippen molar-refractivity contribution in [2.75, 3.05) is 0 Å². The van der Waals surface area contributed by atoms with Gasteiger partial charge >= 0.3 is 0 Å². The third-order valence-electron chi connectivity index (χ3n) is 3.57. The van der Waals surface area contributed by atoms with E-state index in [9.17, 15) is 0 Å². The SMILES string of the molecule is Cc1occc1-c1nnc(SCc2csc(-c3ccco3)n2)n1C. The van der Waals surface area contributed by atoms with E-state index in [0.717, 1.165) is 44.5 Å². The van der Waals surface area contributed by atoms with Crippen LogP contribution < -0.4 is 0 Å². The summed E-state index contributed by atoms with van der Waals surface area (Å²) in [6.45, 7) is 1.92. The fraction of sp³-hybridized carbons (Fsp3) is 0.188. The molecule has 0 bridgehead atoms. The van der Waals surface area contributed by atoms with Crippen LogP contribution in [0, 0.1) is 6.92 Å². The van der Waals surface area contributed by atoms with E-state index >= 15 is 0 Å². The Hall–Kier alpha value is -2.32. The lowest BCUT2D eigenvalue weighted by atomic mass is 10.2. The molecule has 0 aliphatic carbocycles. The third-order valence-corrected chi connectivity index (χ3v) is 5.53. The van der Waals surface area contributed by atoms with Gasteiger partial charge < -0.3 is 13.4 Å². The molecule has 0 saturated carbocycles. The molecule has 0 unspecified atom stereocenters. The highest BCUT2D eigenvalue weighted by molar-refractivity contribution is 7.98. The minimum Gasteiger partial charge on any atom is -0.469 e.